The van der Waals surface area contributed by atoms with Crippen LogP contribution in [0.1, 0.15) is 5.69 Å². The highest BCUT2D eigenvalue weighted by molar-refractivity contribution is 5.96. The molecule has 0 saturated carbocycles. The number of aromatic amines is 2. The van der Waals surface area contributed by atoms with Crippen molar-refractivity contribution in [2.45, 2.75) is 6.92 Å². The van der Waals surface area contributed by atoms with E-state index in [1.165, 1.54) is 6.20 Å². The number of fused-ring (bicyclic) bond motifs is 2. The van der Waals surface area contributed by atoms with Crippen molar-refractivity contribution in [2.75, 3.05) is 0 Å². The second kappa shape index (κ2) is 6.49. The molecule has 0 aliphatic carbocycles. The summed E-state index contributed by atoms with van der Waals surface area (Å²) >= 11 is 0. The average Bonchev–Trinajstić information content (AvgIpc) is 3.50. The van der Waals surface area contributed by atoms with Crippen molar-refractivity contribution in [3.8, 4) is 34.2 Å². The first-order chi connectivity index (χ1) is 15.2. The second-order valence-corrected chi connectivity index (χ2v) is 7.30. The van der Waals surface area contributed by atoms with E-state index in [0.29, 0.717) is 11.4 Å². The molecule has 0 aliphatic rings. The summed E-state index contributed by atoms with van der Waals surface area (Å²) in [6, 6.07) is 9.37. The summed E-state index contributed by atoms with van der Waals surface area (Å²) in [5, 5.41) is 18.3. The van der Waals surface area contributed by atoms with E-state index in [9.17, 15) is 5.11 Å². The first kappa shape index (κ1) is 17.3. The third kappa shape index (κ3) is 2.83. The van der Waals surface area contributed by atoms with Gasteiger partial charge < -0.3 is 10.1 Å². The molecule has 0 saturated heterocycles. The van der Waals surface area contributed by atoms with Gasteiger partial charge in [-0.05, 0) is 37.3 Å². The van der Waals surface area contributed by atoms with Crippen molar-refractivity contribution >= 4 is 21.9 Å². The van der Waals surface area contributed by atoms with Crippen molar-refractivity contribution in [1.29, 1.82) is 0 Å². The zero-order valence-electron chi connectivity index (χ0n) is 16.4. The van der Waals surface area contributed by atoms with E-state index in [0.717, 1.165) is 44.7 Å². The Kier molecular flexibility index (Phi) is 3.63. The number of aromatic nitrogens is 8. The van der Waals surface area contributed by atoms with Gasteiger partial charge >= 0.3 is 0 Å². The minimum atomic E-state index is 0.0946. The predicted molar refractivity (Wildman–Crippen MR) is 116 cm³/mol. The van der Waals surface area contributed by atoms with E-state index in [1.54, 1.807) is 24.8 Å². The lowest BCUT2D eigenvalue weighted by molar-refractivity contribution is 0.473. The van der Waals surface area contributed by atoms with Crippen LogP contribution in [0.2, 0.25) is 0 Å². The monoisotopic (exact) mass is 408 g/mol. The van der Waals surface area contributed by atoms with Gasteiger partial charge in [0.25, 0.3) is 0 Å². The lowest BCUT2D eigenvalue weighted by atomic mass is 10.1. The van der Waals surface area contributed by atoms with Crippen LogP contribution in [0.5, 0.6) is 5.75 Å². The molecule has 9 heteroatoms. The summed E-state index contributed by atoms with van der Waals surface area (Å²) in [5.74, 6) is 0.886. The molecule has 0 amide bonds. The van der Waals surface area contributed by atoms with Crippen LogP contribution >= 0.6 is 0 Å². The van der Waals surface area contributed by atoms with Crippen LogP contribution in [0.4, 0.5) is 0 Å². The van der Waals surface area contributed by atoms with Gasteiger partial charge in [-0.2, -0.15) is 5.10 Å². The zero-order chi connectivity index (χ0) is 20.9. The van der Waals surface area contributed by atoms with Crippen LogP contribution in [0.3, 0.4) is 0 Å². The van der Waals surface area contributed by atoms with E-state index < -0.39 is 0 Å². The van der Waals surface area contributed by atoms with Crippen molar-refractivity contribution in [1.82, 2.24) is 39.7 Å². The number of nitrogens with one attached hydrogen (secondary N) is 2. The fraction of sp³-hybridized carbons (Fsp3) is 0.0455. The topological polar surface area (TPSA) is 121 Å². The number of hydrogen-bond donors (Lipinski definition) is 3. The molecule has 0 spiro atoms. The van der Waals surface area contributed by atoms with Gasteiger partial charge in [-0.25, -0.2) is 15.0 Å². The van der Waals surface area contributed by atoms with Gasteiger partial charge in [0.05, 0.1) is 34.3 Å². The highest BCUT2D eigenvalue weighted by Crippen LogP contribution is 2.31. The molecule has 6 heterocycles. The van der Waals surface area contributed by atoms with Crippen LogP contribution in [0, 0.1) is 6.92 Å². The Hall–Kier alpha value is -4.53. The van der Waals surface area contributed by atoms with Gasteiger partial charge in [0, 0.05) is 29.5 Å². The number of aryl methyl sites for hydroxylation is 1. The van der Waals surface area contributed by atoms with Crippen molar-refractivity contribution in [3.63, 3.8) is 0 Å². The Morgan fingerprint density at radius 1 is 1.03 bits per heavy atom. The van der Waals surface area contributed by atoms with Gasteiger partial charge in [0.1, 0.15) is 29.1 Å². The van der Waals surface area contributed by atoms with E-state index in [-0.39, 0.29) is 5.75 Å². The largest absolute Gasteiger partial charge is 0.506 e. The smallest absolute Gasteiger partial charge is 0.147 e. The molecule has 0 radical (unpaired) electrons. The number of hydrogen-bond acceptors (Lipinski definition) is 6. The highest BCUT2D eigenvalue weighted by Gasteiger charge is 2.16. The molecule has 6 rings (SSSR count). The van der Waals surface area contributed by atoms with Crippen molar-refractivity contribution in [2.24, 2.45) is 0 Å². The van der Waals surface area contributed by atoms with Gasteiger partial charge in [-0.15, -0.1) is 0 Å². The van der Waals surface area contributed by atoms with Crippen molar-refractivity contribution < 1.29 is 5.11 Å². The van der Waals surface area contributed by atoms with Crippen LogP contribution < -0.4 is 0 Å². The van der Waals surface area contributed by atoms with E-state index in [4.69, 9.17) is 4.98 Å². The summed E-state index contributed by atoms with van der Waals surface area (Å²) in [7, 11) is 0. The van der Waals surface area contributed by atoms with Crippen LogP contribution in [-0.4, -0.2) is 44.8 Å². The summed E-state index contributed by atoms with van der Waals surface area (Å²) in [6.45, 7) is 1.94. The van der Waals surface area contributed by atoms with Gasteiger partial charge in [-0.1, -0.05) is 0 Å². The molecular weight excluding hydrogens is 392 g/mol. The molecule has 3 N–H and O–H groups in total. The Morgan fingerprint density at radius 2 is 1.97 bits per heavy atom. The lowest BCUT2D eigenvalue weighted by Gasteiger charge is -2.02. The molecule has 0 aliphatic heterocycles. The Balaban J connectivity index is 1.51. The minimum Gasteiger partial charge on any atom is -0.506 e. The molecule has 6 aromatic rings. The van der Waals surface area contributed by atoms with E-state index in [1.807, 2.05) is 42.0 Å². The first-order valence-electron chi connectivity index (χ1n) is 9.64. The molecule has 150 valence electrons. The van der Waals surface area contributed by atoms with Crippen LogP contribution in [0.15, 0.2) is 61.4 Å². The molecule has 0 aromatic carbocycles. The maximum Gasteiger partial charge on any atom is 0.147 e. The Labute approximate surface area is 175 Å². The predicted octanol–water partition coefficient (Wildman–Crippen LogP) is 3.76. The number of nitrogens with zero attached hydrogens (tertiary/aromatic N) is 6. The number of H-pyrrole nitrogens is 2. The summed E-state index contributed by atoms with van der Waals surface area (Å²) < 4.78 is 1.91. The number of pyridine rings is 3. The van der Waals surface area contributed by atoms with Crippen molar-refractivity contribution in [3.05, 3.63) is 67.1 Å². The maximum absolute atomic E-state index is 9.76. The average molecular weight is 408 g/mol. The van der Waals surface area contributed by atoms with Crippen LogP contribution in [0.25, 0.3) is 50.4 Å². The molecule has 0 unspecified atom stereocenters. The normalized spacial score (nSPS) is 11.5. The van der Waals surface area contributed by atoms with Gasteiger partial charge in [-0.3, -0.25) is 14.6 Å². The molecule has 6 aromatic heterocycles. The zero-order valence-corrected chi connectivity index (χ0v) is 16.4. The van der Waals surface area contributed by atoms with E-state index in [2.05, 4.69) is 30.1 Å². The third-order valence-corrected chi connectivity index (χ3v) is 5.17. The molecule has 9 nitrogen and oxygen atoms in total. The Bertz CT molecular complexity index is 1580. The molecule has 0 bridgehead atoms. The number of rotatable bonds is 3. The lowest BCUT2D eigenvalue weighted by Crippen LogP contribution is -1.94. The number of imidazole rings is 1. The van der Waals surface area contributed by atoms with Gasteiger partial charge in [0.2, 0.25) is 0 Å². The number of aromatic hydroxyl groups is 1. The fourth-order valence-electron chi connectivity index (χ4n) is 3.72. The second-order valence-electron chi connectivity index (χ2n) is 7.30. The van der Waals surface area contributed by atoms with Crippen LogP contribution in [-0.2, 0) is 0 Å². The summed E-state index contributed by atoms with van der Waals surface area (Å²) in [4.78, 5) is 21.1. The minimum absolute atomic E-state index is 0.0946. The summed E-state index contributed by atoms with van der Waals surface area (Å²) in [6.07, 6.45) is 8.52. The third-order valence-electron chi connectivity index (χ3n) is 5.17. The Morgan fingerprint density at radius 3 is 2.81 bits per heavy atom. The molecule has 0 atom stereocenters. The van der Waals surface area contributed by atoms with Gasteiger partial charge in [0.15, 0.2) is 0 Å². The molecule has 0 fully saturated rings. The fourth-order valence-corrected chi connectivity index (χ4v) is 3.72. The molecular formula is C22H16N8O. The maximum atomic E-state index is 9.76. The highest BCUT2D eigenvalue weighted by atomic mass is 16.3. The van der Waals surface area contributed by atoms with E-state index >= 15 is 0 Å². The molecule has 31 heavy (non-hydrogen) atoms. The SMILES string of the molecule is Cc1cn(-c2nccc3[nH]c(-c4n[nH]c5ccc(-c6cncc(O)c6)nc45)cc23)cn1. The first-order valence-corrected chi connectivity index (χ1v) is 9.64. The quantitative estimate of drug-likeness (QED) is 0.410. The standard InChI is InChI=1S/C22H16N8O/c1-12-10-30(11-25-12)22-15-7-19(26-17(15)4-5-24-22)21-20-18(28-29-21)3-2-16(27-20)13-6-14(31)9-23-8-13/h2-11,26,31H,1H3,(H,28,29). The summed E-state index contributed by atoms with van der Waals surface area (Å²) in [5.41, 5.74) is 6.36.